The normalized spacial score (nSPS) is 21.6. The van der Waals surface area contributed by atoms with E-state index < -0.39 is 0 Å². The fourth-order valence-corrected chi connectivity index (χ4v) is 4.31. The number of carbonyl (C=O) groups is 2. The van der Waals surface area contributed by atoms with Gasteiger partial charge in [0.05, 0.1) is 10.7 Å². The summed E-state index contributed by atoms with van der Waals surface area (Å²) < 4.78 is 0. The molecular weight excluding hydrogens is 292 g/mol. The third-order valence-corrected chi connectivity index (χ3v) is 5.43. The van der Waals surface area contributed by atoms with Crippen molar-refractivity contribution in [2.45, 2.75) is 4.90 Å². The van der Waals surface area contributed by atoms with Crippen molar-refractivity contribution in [2.24, 2.45) is 0 Å². The van der Waals surface area contributed by atoms with E-state index in [2.05, 4.69) is 6.58 Å². The quantitative estimate of drug-likeness (QED) is 0.619. The zero-order valence-corrected chi connectivity index (χ0v) is 12.5. The third-order valence-electron chi connectivity index (χ3n) is 3.09. The first-order chi connectivity index (χ1) is 9.63. The van der Waals surface area contributed by atoms with E-state index in [9.17, 15) is 9.59 Å². The van der Waals surface area contributed by atoms with Gasteiger partial charge >= 0.3 is 0 Å². The minimum Gasteiger partial charge on any atom is -0.337 e. The van der Waals surface area contributed by atoms with Gasteiger partial charge in [-0.2, -0.15) is 0 Å². The van der Waals surface area contributed by atoms with Crippen molar-refractivity contribution in [3.05, 3.63) is 46.9 Å². The molecule has 0 atom stereocenters. The Labute approximate surface area is 125 Å². The molecule has 0 unspecified atom stereocenters. The molecular formula is C14H12N2O2S2. The molecule has 0 bridgehead atoms. The predicted octanol–water partition coefficient (Wildman–Crippen LogP) is 3.28. The van der Waals surface area contributed by atoms with Crippen LogP contribution in [0.15, 0.2) is 51.8 Å². The van der Waals surface area contributed by atoms with Gasteiger partial charge in [-0.15, -0.1) is 6.58 Å². The highest BCUT2D eigenvalue weighted by molar-refractivity contribution is 8.19. The first-order valence-electron chi connectivity index (χ1n) is 6.03. The highest BCUT2D eigenvalue weighted by Gasteiger charge is 2.39. The van der Waals surface area contributed by atoms with Crippen molar-refractivity contribution in [1.82, 2.24) is 4.90 Å². The Kier molecular flexibility index (Phi) is 3.35. The van der Waals surface area contributed by atoms with E-state index in [1.54, 1.807) is 6.08 Å². The lowest BCUT2D eigenvalue weighted by molar-refractivity contribution is -0.122. The van der Waals surface area contributed by atoms with E-state index in [1.165, 1.54) is 16.7 Å². The molecule has 2 aliphatic heterocycles. The van der Waals surface area contributed by atoms with Gasteiger partial charge < -0.3 is 4.90 Å². The maximum Gasteiger partial charge on any atom is 0.293 e. The van der Waals surface area contributed by atoms with E-state index in [0.717, 1.165) is 27.4 Å². The summed E-state index contributed by atoms with van der Waals surface area (Å²) in [6, 6.07) is 7.94. The minimum absolute atomic E-state index is 0.234. The molecule has 3 rings (SSSR count). The maximum atomic E-state index is 12.3. The van der Waals surface area contributed by atoms with Crippen LogP contribution in [-0.2, 0) is 4.79 Å². The summed E-state index contributed by atoms with van der Waals surface area (Å²) in [6.45, 7) is 3.83. The van der Waals surface area contributed by atoms with Gasteiger partial charge in [0.1, 0.15) is 4.91 Å². The van der Waals surface area contributed by atoms with Crippen LogP contribution in [0.2, 0.25) is 0 Å². The van der Waals surface area contributed by atoms with Gasteiger partial charge in [-0.25, -0.2) is 0 Å². The molecule has 1 saturated heterocycles. The molecule has 0 saturated carbocycles. The monoisotopic (exact) mass is 304 g/mol. The number of anilines is 1. The van der Waals surface area contributed by atoms with Gasteiger partial charge in [0.2, 0.25) is 0 Å². The number of para-hydroxylation sites is 1. The molecule has 20 heavy (non-hydrogen) atoms. The van der Waals surface area contributed by atoms with Crippen molar-refractivity contribution >= 4 is 40.4 Å². The molecule has 2 aliphatic rings. The number of nitrogens with zero attached hydrogens (tertiary/aromatic N) is 2. The molecule has 102 valence electrons. The van der Waals surface area contributed by atoms with Crippen molar-refractivity contribution in [1.29, 1.82) is 0 Å². The number of hydrogen-bond acceptors (Lipinski definition) is 5. The van der Waals surface area contributed by atoms with Crippen molar-refractivity contribution in [3.63, 3.8) is 0 Å². The molecule has 2 amide bonds. The van der Waals surface area contributed by atoms with Crippen molar-refractivity contribution in [3.8, 4) is 0 Å². The first kappa shape index (κ1) is 13.3. The second-order valence-electron chi connectivity index (χ2n) is 4.34. The fraction of sp³-hybridized carbons (Fsp3) is 0.143. The number of fused-ring (bicyclic) bond motifs is 1. The van der Waals surface area contributed by atoms with Crippen LogP contribution in [0, 0.1) is 0 Å². The van der Waals surface area contributed by atoms with Crippen LogP contribution in [-0.4, -0.2) is 29.6 Å². The summed E-state index contributed by atoms with van der Waals surface area (Å²) in [5, 5.41) is 0.587. The molecule has 0 radical (unpaired) electrons. The minimum atomic E-state index is -0.234. The molecule has 1 aromatic rings. The standard InChI is InChI=1S/C14H12N2O2S2/c1-3-8-16-12(17)11(20-14(16)18)13-15(2)9-6-4-5-7-10(9)19-13/h3-7H,1,8H2,2H3. The molecule has 0 N–H and O–H groups in total. The summed E-state index contributed by atoms with van der Waals surface area (Å²) in [6.07, 6.45) is 1.56. The SMILES string of the molecule is C=CCN1C(=O)SC(=C2Sc3ccccc3N2C)C1=O. The third kappa shape index (κ3) is 1.96. The maximum absolute atomic E-state index is 12.3. The fourth-order valence-electron chi connectivity index (χ4n) is 2.11. The lowest BCUT2D eigenvalue weighted by atomic mass is 10.3. The van der Waals surface area contributed by atoms with Gasteiger partial charge in [-0.3, -0.25) is 14.5 Å². The number of carbonyl (C=O) groups excluding carboxylic acids is 2. The summed E-state index contributed by atoms with van der Waals surface area (Å²) in [5.74, 6) is -0.234. The number of rotatable bonds is 2. The molecule has 0 aliphatic carbocycles. The Balaban J connectivity index is 2.00. The highest BCUT2D eigenvalue weighted by atomic mass is 32.2. The largest absolute Gasteiger partial charge is 0.337 e. The van der Waals surface area contributed by atoms with Gasteiger partial charge in [-0.05, 0) is 23.9 Å². The van der Waals surface area contributed by atoms with Crippen LogP contribution in [0.5, 0.6) is 0 Å². The van der Waals surface area contributed by atoms with Crippen LogP contribution < -0.4 is 4.90 Å². The van der Waals surface area contributed by atoms with Crippen LogP contribution in [0.4, 0.5) is 10.5 Å². The van der Waals surface area contributed by atoms with E-state index in [-0.39, 0.29) is 17.7 Å². The zero-order valence-electron chi connectivity index (χ0n) is 10.8. The van der Waals surface area contributed by atoms with Crippen LogP contribution in [0.3, 0.4) is 0 Å². The Hall–Kier alpha value is -1.66. The number of imide groups is 1. The molecule has 2 heterocycles. The molecule has 1 aromatic carbocycles. The van der Waals surface area contributed by atoms with E-state index >= 15 is 0 Å². The summed E-state index contributed by atoms with van der Waals surface area (Å²) in [7, 11) is 1.91. The summed E-state index contributed by atoms with van der Waals surface area (Å²) in [4.78, 5) is 29.0. The van der Waals surface area contributed by atoms with E-state index in [0.29, 0.717) is 4.91 Å². The Morgan fingerprint density at radius 2 is 2.00 bits per heavy atom. The van der Waals surface area contributed by atoms with Gasteiger partial charge in [-0.1, -0.05) is 30.0 Å². The van der Waals surface area contributed by atoms with Gasteiger partial charge in [0.25, 0.3) is 11.1 Å². The average molecular weight is 304 g/mol. The smallest absolute Gasteiger partial charge is 0.293 e. The van der Waals surface area contributed by atoms with Crippen molar-refractivity contribution < 1.29 is 9.59 Å². The number of thioether (sulfide) groups is 2. The average Bonchev–Trinajstić information content (AvgIpc) is 2.92. The summed E-state index contributed by atoms with van der Waals surface area (Å²) in [5.41, 5.74) is 1.06. The second kappa shape index (κ2) is 5.03. The Morgan fingerprint density at radius 3 is 2.70 bits per heavy atom. The molecule has 0 aromatic heterocycles. The Bertz CT molecular complexity index is 654. The number of hydrogen-bond donors (Lipinski definition) is 0. The zero-order chi connectivity index (χ0) is 14.3. The predicted molar refractivity (Wildman–Crippen MR) is 82.6 cm³/mol. The van der Waals surface area contributed by atoms with E-state index in [4.69, 9.17) is 0 Å². The molecule has 4 nitrogen and oxygen atoms in total. The lowest BCUT2D eigenvalue weighted by Crippen LogP contribution is -2.28. The van der Waals surface area contributed by atoms with E-state index in [1.807, 2.05) is 36.2 Å². The topological polar surface area (TPSA) is 40.6 Å². The molecule has 0 spiro atoms. The highest BCUT2D eigenvalue weighted by Crippen LogP contribution is 2.49. The van der Waals surface area contributed by atoms with Crippen molar-refractivity contribution in [2.75, 3.05) is 18.5 Å². The first-order valence-corrected chi connectivity index (χ1v) is 7.66. The van der Waals surface area contributed by atoms with Gasteiger partial charge in [0.15, 0.2) is 0 Å². The van der Waals surface area contributed by atoms with Crippen LogP contribution in [0.1, 0.15) is 0 Å². The number of amides is 2. The number of benzene rings is 1. The lowest BCUT2D eigenvalue weighted by Gasteiger charge is -2.14. The summed E-state index contributed by atoms with van der Waals surface area (Å²) >= 11 is 2.53. The van der Waals surface area contributed by atoms with Crippen LogP contribution >= 0.6 is 23.5 Å². The van der Waals surface area contributed by atoms with Crippen LogP contribution in [0.25, 0.3) is 0 Å². The molecule has 6 heteroatoms. The molecule has 1 fully saturated rings. The van der Waals surface area contributed by atoms with Gasteiger partial charge in [0, 0.05) is 18.5 Å². The Morgan fingerprint density at radius 1 is 1.25 bits per heavy atom. The second-order valence-corrected chi connectivity index (χ2v) is 6.33.